The molecule has 3 fully saturated rings. The number of likely N-dealkylation sites (tertiary alicyclic amines) is 2. The van der Waals surface area contributed by atoms with Crippen LogP contribution in [0.25, 0.3) is 0 Å². The number of likely N-dealkylation sites (N-methyl/N-ethyl adjacent to an activating group) is 1. The van der Waals surface area contributed by atoms with Crippen LogP contribution in [0.3, 0.4) is 0 Å². The van der Waals surface area contributed by atoms with Crippen molar-refractivity contribution in [2.24, 2.45) is 5.92 Å². The first-order chi connectivity index (χ1) is 11.1. The van der Waals surface area contributed by atoms with Gasteiger partial charge in [0.2, 0.25) is 11.8 Å². The lowest BCUT2D eigenvalue weighted by Gasteiger charge is -2.35. The molecule has 0 spiro atoms. The normalized spacial score (nSPS) is 32.8. The van der Waals surface area contributed by atoms with Crippen molar-refractivity contribution in [3.63, 3.8) is 0 Å². The molecule has 0 aliphatic carbocycles. The summed E-state index contributed by atoms with van der Waals surface area (Å²) in [5.74, 6) is 0.197. The third-order valence-corrected chi connectivity index (χ3v) is 5.68. The molecule has 3 aliphatic heterocycles. The Labute approximate surface area is 139 Å². The van der Waals surface area contributed by atoms with Crippen LogP contribution >= 0.6 is 0 Å². The summed E-state index contributed by atoms with van der Waals surface area (Å²) in [4.78, 5) is 31.5. The van der Waals surface area contributed by atoms with Crippen molar-refractivity contribution >= 4 is 11.8 Å². The first-order valence-corrected chi connectivity index (χ1v) is 9.13. The summed E-state index contributed by atoms with van der Waals surface area (Å²) >= 11 is 0. The molecule has 130 valence electrons. The number of nitrogens with one attached hydrogen (secondary N) is 1. The Bertz CT molecular complexity index is 456. The van der Waals surface area contributed by atoms with Crippen molar-refractivity contribution < 1.29 is 9.59 Å². The van der Waals surface area contributed by atoms with E-state index in [2.05, 4.69) is 24.1 Å². The lowest BCUT2D eigenvalue weighted by atomic mass is 10.1. The Hall–Kier alpha value is -1.14. The Morgan fingerprint density at radius 1 is 1.35 bits per heavy atom. The molecule has 0 bridgehead atoms. The average molecular weight is 322 g/mol. The SMILES string of the molecule is CCN1CCCC1CN1CC(C(=O)N2CCNCC2C)CC1=O. The van der Waals surface area contributed by atoms with E-state index in [1.165, 1.54) is 12.8 Å². The quantitative estimate of drug-likeness (QED) is 0.800. The van der Waals surface area contributed by atoms with Crippen molar-refractivity contribution in [2.45, 2.75) is 45.2 Å². The second-order valence-electron chi connectivity index (χ2n) is 7.21. The number of carbonyl (C=O) groups is 2. The summed E-state index contributed by atoms with van der Waals surface area (Å²) in [7, 11) is 0. The van der Waals surface area contributed by atoms with E-state index in [9.17, 15) is 9.59 Å². The van der Waals surface area contributed by atoms with Gasteiger partial charge in [0.1, 0.15) is 0 Å². The zero-order valence-electron chi connectivity index (χ0n) is 14.5. The van der Waals surface area contributed by atoms with Gasteiger partial charge in [0, 0.05) is 51.2 Å². The highest BCUT2D eigenvalue weighted by Crippen LogP contribution is 2.25. The lowest BCUT2D eigenvalue weighted by molar-refractivity contribution is -0.138. The van der Waals surface area contributed by atoms with Crippen LogP contribution in [0, 0.1) is 5.92 Å². The third-order valence-electron chi connectivity index (χ3n) is 5.68. The van der Waals surface area contributed by atoms with Gasteiger partial charge >= 0.3 is 0 Å². The van der Waals surface area contributed by atoms with Gasteiger partial charge in [-0.3, -0.25) is 14.5 Å². The van der Waals surface area contributed by atoms with E-state index in [1.54, 1.807) is 0 Å². The highest BCUT2D eigenvalue weighted by molar-refractivity contribution is 5.89. The Morgan fingerprint density at radius 3 is 2.91 bits per heavy atom. The van der Waals surface area contributed by atoms with Gasteiger partial charge in [-0.05, 0) is 32.9 Å². The van der Waals surface area contributed by atoms with E-state index >= 15 is 0 Å². The van der Waals surface area contributed by atoms with Crippen LogP contribution in [0.5, 0.6) is 0 Å². The number of rotatable bonds is 4. The van der Waals surface area contributed by atoms with E-state index in [4.69, 9.17) is 0 Å². The molecule has 0 radical (unpaired) electrons. The Balaban J connectivity index is 1.57. The fourth-order valence-electron chi connectivity index (χ4n) is 4.29. The zero-order valence-corrected chi connectivity index (χ0v) is 14.5. The van der Waals surface area contributed by atoms with Gasteiger partial charge in [0.25, 0.3) is 0 Å². The molecule has 3 atom stereocenters. The lowest BCUT2D eigenvalue weighted by Crippen LogP contribution is -2.54. The number of hydrogen-bond acceptors (Lipinski definition) is 4. The van der Waals surface area contributed by atoms with Crippen molar-refractivity contribution in [2.75, 3.05) is 45.8 Å². The van der Waals surface area contributed by atoms with Crippen LogP contribution in [0.4, 0.5) is 0 Å². The maximum Gasteiger partial charge on any atom is 0.228 e. The summed E-state index contributed by atoms with van der Waals surface area (Å²) in [5.41, 5.74) is 0. The summed E-state index contributed by atoms with van der Waals surface area (Å²) < 4.78 is 0. The molecular formula is C17H30N4O2. The second kappa shape index (κ2) is 7.18. The van der Waals surface area contributed by atoms with E-state index in [1.807, 2.05) is 9.80 Å². The molecule has 3 rings (SSSR count). The maximum absolute atomic E-state index is 12.8. The number of carbonyl (C=O) groups excluding carboxylic acids is 2. The van der Waals surface area contributed by atoms with E-state index < -0.39 is 0 Å². The number of piperazine rings is 1. The topological polar surface area (TPSA) is 55.9 Å². The van der Waals surface area contributed by atoms with Gasteiger partial charge in [0.05, 0.1) is 5.92 Å². The molecular weight excluding hydrogens is 292 g/mol. The molecule has 6 heteroatoms. The van der Waals surface area contributed by atoms with E-state index in [-0.39, 0.29) is 23.8 Å². The van der Waals surface area contributed by atoms with Gasteiger partial charge < -0.3 is 15.1 Å². The molecule has 3 aliphatic rings. The van der Waals surface area contributed by atoms with Crippen LogP contribution in [0.1, 0.15) is 33.1 Å². The van der Waals surface area contributed by atoms with Crippen molar-refractivity contribution in [1.82, 2.24) is 20.0 Å². The minimum absolute atomic E-state index is 0.139. The highest BCUT2D eigenvalue weighted by Gasteiger charge is 2.39. The minimum atomic E-state index is -0.139. The molecule has 3 heterocycles. The molecule has 2 amide bonds. The molecule has 1 N–H and O–H groups in total. The molecule has 0 aromatic rings. The largest absolute Gasteiger partial charge is 0.340 e. The minimum Gasteiger partial charge on any atom is -0.340 e. The monoisotopic (exact) mass is 322 g/mol. The van der Waals surface area contributed by atoms with Crippen LogP contribution in [0.15, 0.2) is 0 Å². The molecule has 3 unspecified atom stereocenters. The number of hydrogen-bond donors (Lipinski definition) is 1. The van der Waals surface area contributed by atoms with Gasteiger partial charge in [-0.15, -0.1) is 0 Å². The van der Waals surface area contributed by atoms with Crippen LogP contribution in [-0.2, 0) is 9.59 Å². The first-order valence-electron chi connectivity index (χ1n) is 9.13. The fraction of sp³-hybridized carbons (Fsp3) is 0.882. The van der Waals surface area contributed by atoms with Gasteiger partial charge in [-0.25, -0.2) is 0 Å². The Morgan fingerprint density at radius 2 is 2.17 bits per heavy atom. The smallest absolute Gasteiger partial charge is 0.228 e. The fourth-order valence-corrected chi connectivity index (χ4v) is 4.29. The number of nitrogens with zero attached hydrogens (tertiary/aromatic N) is 3. The van der Waals surface area contributed by atoms with E-state index in [0.29, 0.717) is 19.0 Å². The molecule has 0 saturated carbocycles. The molecule has 3 saturated heterocycles. The van der Waals surface area contributed by atoms with Crippen molar-refractivity contribution in [3.8, 4) is 0 Å². The summed E-state index contributed by atoms with van der Waals surface area (Å²) in [6.45, 7) is 10.3. The van der Waals surface area contributed by atoms with Crippen LogP contribution < -0.4 is 5.32 Å². The van der Waals surface area contributed by atoms with Crippen LogP contribution in [-0.4, -0.2) is 84.4 Å². The predicted octanol–water partition coefficient (Wildman–Crippen LogP) is 0.140. The predicted molar refractivity (Wildman–Crippen MR) is 89.0 cm³/mol. The van der Waals surface area contributed by atoms with E-state index in [0.717, 1.165) is 39.3 Å². The molecule has 0 aromatic heterocycles. The summed E-state index contributed by atoms with van der Waals surface area (Å²) in [5, 5.41) is 3.31. The van der Waals surface area contributed by atoms with Gasteiger partial charge in [-0.2, -0.15) is 0 Å². The van der Waals surface area contributed by atoms with Gasteiger partial charge in [0.15, 0.2) is 0 Å². The maximum atomic E-state index is 12.8. The summed E-state index contributed by atoms with van der Waals surface area (Å²) in [6.07, 6.45) is 2.79. The average Bonchev–Trinajstić information content (AvgIpc) is 3.14. The van der Waals surface area contributed by atoms with Crippen LogP contribution in [0.2, 0.25) is 0 Å². The molecule has 23 heavy (non-hydrogen) atoms. The highest BCUT2D eigenvalue weighted by atomic mass is 16.2. The van der Waals surface area contributed by atoms with Gasteiger partial charge in [-0.1, -0.05) is 6.92 Å². The second-order valence-corrected chi connectivity index (χ2v) is 7.21. The molecule has 0 aromatic carbocycles. The molecule has 6 nitrogen and oxygen atoms in total. The van der Waals surface area contributed by atoms with Crippen molar-refractivity contribution in [1.29, 1.82) is 0 Å². The number of amides is 2. The zero-order chi connectivity index (χ0) is 16.4. The summed E-state index contributed by atoms with van der Waals surface area (Å²) in [6, 6.07) is 0.710. The Kier molecular flexibility index (Phi) is 5.21. The third kappa shape index (κ3) is 3.53. The van der Waals surface area contributed by atoms with Crippen molar-refractivity contribution in [3.05, 3.63) is 0 Å². The first kappa shape index (κ1) is 16.7. The standard InChI is InChI=1S/C17H30N4O2/c1-3-19-7-4-5-15(19)12-20-11-14(9-16(20)22)17(23)21-8-6-18-10-13(21)2/h13-15,18H,3-12H2,1-2H3.